The van der Waals surface area contributed by atoms with Crippen LogP contribution in [0.2, 0.25) is 0 Å². The Kier molecular flexibility index (Phi) is 2.98. The molecule has 0 saturated heterocycles. The van der Waals surface area contributed by atoms with Gasteiger partial charge in [0.2, 0.25) is 0 Å². The fourth-order valence-corrected chi connectivity index (χ4v) is 2.56. The largest absolute Gasteiger partial charge is 0.397 e. The molecule has 0 aliphatic rings. The van der Waals surface area contributed by atoms with Gasteiger partial charge < -0.3 is 10.7 Å². The first-order valence-corrected chi connectivity index (χ1v) is 6.59. The number of aromatic nitrogens is 2. The summed E-state index contributed by atoms with van der Waals surface area (Å²) in [6, 6.07) is 10.2. The van der Waals surface area contributed by atoms with Crippen LogP contribution >= 0.6 is 15.9 Å². The molecule has 0 radical (unpaired) electrons. The third-order valence-electron chi connectivity index (χ3n) is 2.89. The average molecular weight is 320 g/mol. The van der Waals surface area contributed by atoms with Crippen LogP contribution in [0.15, 0.2) is 40.9 Å². The minimum atomic E-state index is -0.240. The molecule has 0 bridgehead atoms. The summed E-state index contributed by atoms with van der Waals surface area (Å²) in [5.41, 5.74) is 9.02. The fourth-order valence-electron chi connectivity index (χ4n) is 2.08. The van der Waals surface area contributed by atoms with Crippen molar-refractivity contribution in [2.75, 3.05) is 5.73 Å². The summed E-state index contributed by atoms with van der Waals surface area (Å²) < 4.78 is 14.0. The lowest BCUT2D eigenvalue weighted by Gasteiger charge is -1.97. The Labute approximate surface area is 117 Å². The van der Waals surface area contributed by atoms with E-state index in [2.05, 4.69) is 25.9 Å². The number of nitrogens with zero attached hydrogens (tertiary/aromatic N) is 1. The van der Waals surface area contributed by atoms with E-state index in [9.17, 15) is 4.39 Å². The molecule has 0 aliphatic heterocycles. The lowest BCUT2D eigenvalue weighted by molar-refractivity contribution is 0.626. The molecule has 3 nitrogen and oxygen atoms in total. The zero-order chi connectivity index (χ0) is 13.4. The summed E-state index contributed by atoms with van der Waals surface area (Å²) in [6.07, 6.45) is 0.545. The van der Waals surface area contributed by atoms with E-state index >= 15 is 0 Å². The first kappa shape index (κ1) is 12.2. The Morgan fingerprint density at radius 3 is 2.89 bits per heavy atom. The molecule has 0 aliphatic carbocycles. The molecule has 1 heterocycles. The Balaban J connectivity index is 2.00. The second-order valence-electron chi connectivity index (χ2n) is 4.38. The molecular weight excluding hydrogens is 309 g/mol. The summed E-state index contributed by atoms with van der Waals surface area (Å²) in [5.74, 6) is 0.529. The zero-order valence-electron chi connectivity index (χ0n) is 9.95. The molecule has 96 valence electrons. The molecule has 2 aromatic carbocycles. The minimum absolute atomic E-state index is 0.240. The van der Waals surface area contributed by atoms with Crippen LogP contribution in [0.1, 0.15) is 11.4 Å². The Morgan fingerprint density at radius 2 is 2.11 bits per heavy atom. The predicted molar refractivity (Wildman–Crippen MR) is 77.4 cm³/mol. The molecule has 0 fully saturated rings. The van der Waals surface area contributed by atoms with E-state index in [1.54, 1.807) is 6.07 Å². The number of halogens is 2. The van der Waals surface area contributed by atoms with Gasteiger partial charge in [-0.15, -0.1) is 0 Å². The van der Waals surface area contributed by atoms with E-state index in [4.69, 9.17) is 5.73 Å². The van der Waals surface area contributed by atoms with Crippen LogP contribution in [0.25, 0.3) is 11.0 Å². The molecule has 1 aromatic heterocycles. The lowest BCUT2D eigenvalue weighted by Crippen LogP contribution is -1.91. The standard InChI is InChI=1S/C14H11BrFN3/c15-9-6-11(17)14-12(7-9)18-13(19-14)5-8-2-1-3-10(16)4-8/h1-4,6-7H,5,17H2,(H,18,19). The van der Waals surface area contributed by atoms with Gasteiger partial charge in [-0.3, -0.25) is 0 Å². The molecule has 3 aromatic rings. The Morgan fingerprint density at radius 1 is 1.26 bits per heavy atom. The molecule has 0 unspecified atom stereocenters. The van der Waals surface area contributed by atoms with Crippen LogP contribution in [-0.2, 0) is 6.42 Å². The summed E-state index contributed by atoms with van der Waals surface area (Å²) >= 11 is 3.39. The van der Waals surface area contributed by atoms with Crippen molar-refractivity contribution in [1.29, 1.82) is 0 Å². The number of rotatable bonds is 2. The molecule has 0 spiro atoms. The lowest BCUT2D eigenvalue weighted by atomic mass is 10.1. The number of aromatic amines is 1. The van der Waals surface area contributed by atoms with E-state index in [1.165, 1.54) is 12.1 Å². The van der Waals surface area contributed by atoms with E-state index < -0.39 is 0 Å². The van der Waals surface area contributed by atoms with Crippen molar-refractivity contribution in [1.82, 2.24) is 9.97 Å². The Hall–Kier alpha value is -1.88. The number of benzene rings is 2. The van der Waals surface area contributed by atoms with Gasteiger partial charge in [-0.25, -0.2) is 9.37 Å². The van der Waals surface area contributed by atoms with Crippen molar-refractivity contribution in [2.45, 2.75) is 6.42 Å². The zero-order valence-corrected chi connectivity index (χ0v) is 11.5. The van der Waals surface area contributed by atoms with Crippen LogP contribution in [-0.4, -0.2) is 9.97 Å². The maximum absolute atomic E-state index is 13.1. The molecule has 5 heteroatoms. The van der Waals surface area contributed by atoms with Gasteiger partial charge in [0, 0.05) is 10.9 Å². The highest BCUT2D eigenvalue weighted by Gasteiger charge is 2.08. The van der Waals surface area contributed by atoms with E-state index in [1.807, 2.05) is 18.2 Å². The third kappa shape index (κ3) is 2.46. The molecule has 3 N–H and O–H groups in total. The Bertz CT molecular complexity index is 752. The summed E-state index contributed by atoms with van der Waals surface area (Å²) in [6.45, 7) is 0. The summed E-state index contributed by atoms with van der Waals surface area (Å²) in [5, 5.41) is 0. The number of fused-ring (bicyclic) bond motifs is 1. The van der Waals surface area contributed by atoms with Crippen LogP contribution in [0.4, 0.5) is 10.1 Å². The summed E-state index contributed by atoms with van der Waals surface area (Å²) in [7, 11) is 0. The van der Waals surface area contributed by atoms with Gasteiger partial charge in [-0.05, 0) is 29.8 Å². The second kappa shape index (κ2) is 4.66. The number of anilines is 1. The molecule has 0 saturated carbocycles. The van der Waals surface area contributed by atoms with Gasteiger partial charge in [0.1, 0.15) is 17.2 Å². The van der Waals surface area contributed by atoms with Gasteiger partial charge in [-0.1, -0.05) is 28.1 Å². The van der Waals surface area contributed by atoms with E-state index in [0.717, 1.165) is 26.9 Å². The molecule has 19 heavy (non-hydrogen) atoms. The second-order valence-corrected chi connectivity index (χ2v) is 5.30. The highest BCUT2D eigenvalue weighted by atomic mass is 79.9. The van der Waals surface area contributed by atoms with Crippen molar-refractivity contribution >= 4 is 32.7 Å². The molecule has 0 atom stereocenters. The number of H-pyrrole nitrogens is 1. The van der Waals surface area contributed by atoms with Gasteiger partial charge >= 0.3 is 0 Å². The maximum Gasteiger partial charge on any atom is 0.123 e. The monoisotopic (exact) mass is 319 g/mol. The normalized spacial score (nSPS) is 11.1. The number of nitrogens with two attached hydrogens (primary N) is 1. The molecule has 0 amide bonds. The van der Waals surface area contributed by atoms with Crippen molar-refractivity contribution in [2.24, 2.45) is 0 Å². The van der Waals surface area contributed by atoms with Crippen molar-refractivity contribution < 1.29 is 4.39 Å². The topological polar surface area (TPSA) is 54.7 Å². The number of imidazole rings is 1. The first-order valence-electron chi connectivity index (χ1n) is 5.80. The summed E-state index contributed by atoms with van der Waals surface area (Å²) in [4.78, 5) is 7.66. The van der Waals surface area contributed by atoms with Crippen LogP contribution in [0.5, 0.6) is 0 Å². The van der Waals surface area contributed by atoms with Gasteiger partial charge in [0.15, 0.2) is 0 Å². The van der Waals surface area contributed by atoms with E-state index in [-0.39, 0.29) is 5.82 Å². The molecule has 3 rings (SSSR count). The maximum atomic E-state index is 13.1. The smallest absolute Gasteiger partial charge is 0.123 e. The predicted octanol–water partition coefficient (Wildman–Crippen LogP) is 3.64. The SMILES string of the molecule is Nc1cc(Br)cc2[nH]c(Cc3cccc(F)c3)nc12. The van der Waals surface area contributed by atoms with Gasteiger partial charge in [0.25, 0.3) is 0 Å². The van der Waals surface area contributed by atoms with Gasteiger partial charge in [0.05, 0.1) is 11.2 Å². The third-order valence-corrected chi connectivity index (χ3v) is 3.35. The van der Waals surface area contributed by atoms with Crippen molar-refractivity contribution in [3.8, 4) is 0 Å². The number of hydrogen-bond donors (Lipinski definition) is 2. The number of hydrogen-bond acceptors (Lipinski definition) is 2. The first-order chi connectivity index (χ1) is 9.11. The fraction of sp³-hybridized carbons (Fsp3) is 0.0714. The minimum Gasteiger partial charge on any atom is -0.397 e. The van der Waals surface area contributed by atoms with Crippen LogP contribution in [0, 0.1) is 5.82 Å². The van der Waals surface area contributed by atoms with Gasteiger partial charge in [-0.2, -0.15) is 0 Å². The van der Waals surface area contributed by atoms with Crippen molar-refractivity contribution in [3.63, 3.8) is 0 Å². The number of nitrogen functional groups attached to an aromatic ring is 1. The highest BCUT2D eigenvalue weighted by Crippen LogP contribution is 2.25. The van der Waals surface area contributed by atoms with E-state index in [0.29, 0.717) is 12.1 Å². The van der Waals surface area contributed by atoms with Crippen molar-refractivity contribution in [3.05, 3.63) is 58.1 Å². The highest BCUT2D eigenvalue weighted by molar-refractivity contribution is 9.10. The average Bonchev–Trinajstić information content (AvgIpc) is 2.71. The number of nitrogens with one attached hydrogen (secondary N) is 1. The van der Waals surface area contributed by atoms with Crippen LogP contribution in [0.3, 0.4) is 0 Å². The van der Waals surface area contributed by atoms with Crippen LogP contribution < -0.4 is 5.73 Å². The molecular formula is C14H11BrFN3. The quantitative estimate of drug-likeness (QED) is 0.708.